The molecule has 0 rings (SSSR count). The van der Waals surface area contributed by atoms with Gasteiger partial charge in [-0.25, -0.2) is 13.2 Å². The number of rotatable bonds is 21. The topological polar surface area (TPSA) is 134 Å². The molecule has 3 atom stereocenters. The van der Waals surface area contributed by atoms with Gasteiger partial charge in [-0.05, 0) is 19.3 Å². The summed E-state index contributed by atoms with van der Waals surface area (Å²) >= 11 is 0. The number of hydrogen-bond donors (Lipinski definition) is 0. The Hall–Kier alpha value is 0.120. The molecule has 0 bridgehead atoms. The van der Waals surface area contributed by atoms with Crippen molar-refractivity contribution in [2.45, 2.75) is 58.3 Å². The minimum absolute atomic E-state index is 0.206. The maximum Gasteiger partial charge on any atom is 0.355 e. The second kappa shape index (κ2) is 25.8. The van der Waals surface area contributed by atoms with Crippen molar-refractivity contribution in [3.63, 3.8) is 0 Å². The lowest BCUT2D eigenvalue weighted by Gasteiger charge is -2.17. The van der Waals surface area contributed by atoms with Crippen LogP contribution in [0.1, 0.15) is 40.0 Å². The highest BCUT2D eigenvalue weighted by Gasteiger charge is 2.24. The lowest BCUT2D eigenvalue weighted by atomic mass is 10.3. The van der Waals surface area contributed by atoms with Gasteiger partial charge in [-0.15, -0.1) is 0 Å². The lowest BCUT2D eigenvalue weighted by Crippen LogP contribution is -2.15. The summed E-state index contributed by atoms with van der Waals surface area (Å²) in [4.78, 5) is 0. The number of ether oxygens (including phenoxy) is 3. The Morgan fingerprint density at radius 3 is 0.744 bits per heavy atom. The molecule has 0 saturated heterocycles. The highest BCUT2D eigenvalue weighted by molar-refractivity contribution is 7.54. The van der Waals surface area contributed by atoms with Crippen LogP contribution >= 0.6 is 22.8 Å². The highest BCUT2D eigenvalue weighted by atomic mass is 31.2. The van der Waals surface area contributed by atoms with Crippen LogP contribution in [-0.2, 0) is 55.0 Å². The van der Waals surface area contributed by atoms with E-state index in [0.717, 1.165) is 0 Å². The molecule has 0 aliphatic heterocycles. The van der Waals surface area contributed by atoms with Gasteiger partial charge in [0.15, 0.2) is 0 Å². The zero-order valence-electron chi connectivity index (χ0n) is 24.5. The second-order valence-electron chi connectivity index (χ2n) is 7.37. The van der Waals surface area contributed by atoms with Gasteiger partial charge in [0.05, 0.1) is 18.3 Å². The fourth-order valence-electron chi connectivity index (χ4n) is 1.94. The van der Waals surface area contributed by atoms with Crippen LogP contribution in [0.15, 0.2) is 0 Å². The molecule has 0 aromatic carbocycles. The Labute approximate surface area is 231 Å². The van der Waals surface area contributed by atoms with E-state index in [1.54, 1.807) is 20.8 Å². The van der Waals surface area contributed by atoms with Crippen LogP contribution in [0.3, 0.4) is 0 Å². The van der Waals surface area contributed by atoms with Crippen molar-refractivity contribution in [1.82, 2.24) is 0 Å². The van der Waals surface area contributed by atoms with Crippen LogP contribution in [0.4, 0.5) is 13.2 Å². The molecule has 0 spiro atoms. The molecular weight excluding hydrogens is 594 g/mol. The molecule has 18 heteroatoms. The molecule has 0 unspecified atom stereocenters. The van der Waals surface area contributed by atoms with Crippen LogP contribution in [-0.4, -0.2) is 100 Å². The van der Waals surface area contributed by atoms with E-state index >= 15 is 0 Å². The van der Waals surface area contributed by atoms with Crippen molar-refractivity contribution < 1.29 is 68.2 Å². The van der Waals surface area contributed by atoms with E-state index in [0.29, 0.717) is 19.3 Å². The summed E-state index contributed by atoms with van der Waals surface area (Å²) in [6.07, 6.45) is -0.610. The quantitative estimate of drug-likeness (QED) is 0.125. The minimum atomic E-state index is -3.15. The van der Waals surface area contributed by atoms with Crippen molar-refractivity contribution in [2.24, 2.45) is 0 Å². The number of hydrogen-bond acceptors (Lipinski definition) is 12. The predicted molar refractivity (Wildman–Crippen MR) is 143 cm³/mol. The van der Waals surface area contributed by atoms with Gasteiger partial charge in [0.2, 0.25) is 0 Å². The molecule has 240 valence electrons. The fourth-order valence-corrected chi connectivity index (χ4v) is 4.20. The van der Waals surface area contributed by atoms with Crippen LogP contribution in [0, 0.1) is 0 Å². The average Bonchev–Trinajstić information content (AvgIpc) is 2.98. The third-order valence-corrected chi connectivity index (χ3v) is 9.69. The standard InChI is InChI=1S/3C7H16FO4P/c3*1-4-7(5-8)12-6-13(9,10-2)11-3/h3*7H,4-6H2,1-3H3/t3*7-/m000/s1. The number of halogens is 3. The van der Waals surface area contributed by atoms with Crippen molar-refractivity contribution in [1.29, 1.82) is 0 Å². The Bertz CT molecular complexity index is 582. The van der Waals surface area contributed by atoms with Gasteiger partial charge in [-0.2, -0.15) is 0 Å². The molecule has 12 nitrogen and oxygen atoms in total. The first kappa shape index (κ1) is 43.6. The molecule has 0 aromatic heterocycles. The van der Waals surface area contributed by atoms with Gasteiger partial charge in [0.25, 0.3) is 0 Å². The SMILES string of the molecule is CC[C@@H](CF)OCP(=O)(OC)OC.CC[C@@H](CF)OCP(=O)(OC)OC.CC[C@@H](CF)OCP(=O)(OC)OC. The molecule has 0 heterocycles. The summed E-state index contributed by atoms with van der Waals surface area (Å²) in [5, 5.41) is 0. The van der Waals surface area contributed by atoms with Crippen LogP contribution in [0.25, 0.3) is 0 Å². The Balaban J connectivity index is -0.000000498. The maximum absolute atomic E-state index is 12.1. The summed E-state index contributed by atoms with van der Waals surface area (Å²) < 4.78 is 113. The van der Waals surface area contributed by atoms with E-state index in [9.17, 15) is 26.9 Å². The van der Waals surface area contributed by atoms with E-state index in [1.807, 2.05) is 0 Å². The Morgan fingerprint density at radius 1 is 0.462 bits per heavy atom. The van der Waals surface area contributed by atoms with E-state index in [-0.39, 0.29) is 19.0 Å². The van der Waals surface area contributed by atoms with Crippen LogP contribution in [0.2, 0.25) is 0 Å². The number of alkyl halides is 3. The third-order valence-electron chi connectivity index (χ3n) is 4.96. The summed E-state index contributed by atoms with van der Waals surface area (Å²) in [5.41, 5.74) is 0. The van der Waals surface area contributed by atoms with Gasteiger partial charge in [0, 0.05) is 42.7 Å². The smallest absolute Gasteiger partial charge is 0.355 e. The summed E-state index contributed by atoms with van der Waals surface area (Å²) in [7, 11) is -1.84. The maximum atomic E-state index is 12.1. The van der Waals surface area contributed by atoms with Gasteiger partial charge in [0.1, 0.15) is 39.1 Å². The molecule has 0 radical (unpaired) electrons. The van der Waals surface area contributed by atoms with Crippen molar-refractivity contribution >= 4 is 22.8 Å². The normalized spacial score (nSPS) is 14.5. The van der Waals surface area contributed by atoms with Gasteiger partial charge < -0.3 is 41.4 Å². The molecule has 0 amide bonds. The van der Waals surface area contributed by atoms with E-state index < -0.39 is 61.1 Å². The first-order valence-electron chi connectivity index (χ1n) is 12.0. The lowest BCUT2D eigenvalue weighted by molar-refractivity contribution is 0.0499. The molecule has 0 N–H and O–H groups in total. The van der Waals surface area contributed by atoms with Gasteiger partial charge in [-0.3, -0.25) is 13.7 Å². The summed E-state index contributed by atoms with van der Waals surface area (Å²) in [6, 6.07) is 0. The monoisotopic (exact) mass is 642 g/mol. The molecule has 0 aliphatic rings. The fraction of sp³-hybridized carbons (Fsp3) is 1.00. The van der Waals surface area contributed by atoms with Crippen molar-refractivity contribution in [3.05, 3.63) is 0 Å². The molecule has 0 saturated carbocycles. The second-order valence-corrected chi connectivity index (χ2v) is 14.0. The zero-order chi connectivity index (χ0) is 31.0. The summed E-state index contributed by atoms with van der Waals surface area (Å²) in [5.74, 6) is 0. The molecule has 39 heavy (non-hydrogen) atoms. The summed E-state index contributed by atoms with van der Waals surface area (Å²) in [6.45, 7) is 3.58. The average molecular weight is 643 g/mol. The Morgan fingerprint density at radius 2 is 0.641 bits per heavy atom. The van der Waals surface area contributed by atoms with Gasteiger partial charge in [-0.1, -0.05) is 20.8 Å². The minimum Gasteiger partial charge on any atom is -0.363 e. The third kappa shape index (κ3) is 21.5. The van der Waals surface area contributed by atoms with E-state index in [1.165, 1.54) is 42.7 Å². The van der Waals surface area contributed by atoms with Crippen LogP contribution < -0.4 is 0 Å². The predicted octanol–water partition coefficient (Wildman–Crippen LogP) is 6.58. The van der Waals surface area contributed by atoms with E-state index in [2.05, 4.69) is 27.1 Å². The first-order valence-corrected chi connectivity index (χ1v) is 17.2. The van der Waals surface area contributed by atoms with Gasteiger partial charge >= 0.3 is 22.8 Å². The highest BCUT2D eigenvalue weighted by Crippen LogP contribution is 2.47. The molecule has 0 aliphatic carbocycles. The van der Waals surface area contributed by atoms with E-state index in [4.69, 9.17) is 14.2 Å². The largest absolute Gasteiger partial charge is 0.363 e. The zero-order valence-corrected chi connectivity index (χ0v) is 27.2. The molecular formula is C21H48F3O12P3. The molecule has 0 aromatic rings. The van der Waals surface area contributed by atoms with Crippen molar-refractivity contribution in [2.75, 3.05) is 81.7 Å². The Kier molecular flexibility index (Phi) is 28.8. The van der Waals surface area contributed by atoms with Crippen LogP contribution in [0.5, 0.6) is 0 Å². The molecule has 0 fully saturated rings. The van der Waals surface area contributed by atoms with Crippen molar-refractivity contribution in [3.8, 4) is 0 Å². The first-order chi connectivity index (χ1) is 18.3.